The van der Waals surface area contributed by atoms with Gasteiger partial charge in [0.1, 0.15) is 18.4 Å². The largest absolute Gasteiger partial charge is 0.457 e. The van der Waals surface area contributed by atoms with E-state index in [0.29, 0.717) is 11.0 Å². The summed E-state index contributed by atoms with van der Waals surface area (Å²) < 4.78 is 12.3. The lowest BCUT2D eigenvalue weighted by Crippen LogP contribution is -2.57. The van der Waals surface area contributed by atoms with E-state index in [9.17, 15) is 29.1 Å². The highest BCUT2D eigenvalue weighted by Crippen LogP contribution is 2.06. The van der Waals surface area contributed by atoms with Crippen LogP contribution in [0, 0.1) is 0 Å². The Kier molecular flexibility index (Phi) is 10.6. The number of hydrogen-bond donors (Lipinski definition) is 1. The van der Waals surface area contributed by atoms with E-state index in [1.165, 1.54) is 0 Å². The molecule has 1 aromatic rings. The van der Waals surface area contributed by atoms with Crippen molar-refractivity contribution >= 4 is 11.9 Å². The highest BCUT2D eigenvalue weighted by Gasteiger charge is 2.24. The second kappa shape index (κ2) is 12.6. The monoisotopic (exact) mass is 453 g/mol. The molecular weight excluding hydrogens is 422 g/mol. The third-order valence-electron chi connectivity index (χ3n) is 4.76. The Morgan fingerprint density at radius 3 is 1.59 bits per heavy atom. The third kappa shape index (κ3) is 6.64. The lowest BCUT2D eigenvalue weighted by Gasteiger charge is -2.22. The summed E-state index contributed by atoms with van der Waals surface area (Å²) in [7, 11) is 0. The molecule has 11 nitrogen and oxygen atoms in total. The van der Waals surface area contributed by atoms with Crippen LogP contribution in [0.4, 0.5) is 0 Å². The minimum Gasteiger partial charge on any atom is -0.457 e. The molecule has 0 saturated heterocycles. The van der Waals surface area contributed by atoms with E-state index in [2.05, 4.69) is 13.2 Å². The molecule has 3 atom stereocenters. The molecule has 0 radical (unpaired) electrons. The summed E-state index contributed by atoms with van der Waals surface area (Å²) >= 11 is 0. The van der Waals surface area contributed by atoms with E-state index in [1.807, 2.05) is 0 Å². The molecule has 0 saturated carbocycles. The number of aromatic nitrogens is 3. The van der Waals surface area contributed by atoms with Crippen molar-refractivity contribution in [2.24, 2.45) is 0 Å². The molecule has 11 heteroatoms. The first-order chi connectivity index (χ1) is 15.1. The first-order valence-electron chi connectivity index (χ1n) is 10.4. The molecule has 1 N–H and O–H groups in total. The van der Waals surface area contributed by atoms with Crippen LogP contribution in [0.1, 0.15) is 52.7 Å². The van der Waals surface area contributed by atoms with Crippen molar-refractivity contribution in [2.45, 2.75) is 78.0 Å². The van der Waals surface area contributed by atoms with Crippen LogP contribution in [0.3, 0.4) is 0 Å². The molecule has 0 aliphatic carbocycles. The summed E-state index contributed by atoms with van der Waals surface area (Å²) in [5.41, 5.74) is -3.02. The maximum atomic E-state index is 13.1. The average Bonchev–Trinajstić information content (AvgIpc) is 2.77. The van der Waals surface area contributed by atoms with E-state index in [4.69, 9.17) is 9.47 Å². The van der Waals surface area contributed by atoms with Crippen molar-refractivity contribution in [1.29, 1.82) is 0 Å². The molecule has 1 aromatic heterocycles. The molecule has 178 valence electrons. The van der Waals surface area contributed by atoms with Gasteiger partial charge in [-0.2, -0.15) is 0 Å². The van der Waals surface area contributed by atoms with Crippen molar-refractivity contribution in [3.63, 3.8) is 0 Å². The lowest BCUT2D eigenvalue weighted by molar-refractivity contribution is -0.144. The topological polar surface area (TPSA) is 139 Å². The molecule has 0 aliphatic rings. The smallest absolute Gasteiger partial charge is 0.338 e. The van der Waals surface area contributed by atoms with Crippen molar-refractivity contribution in [2.75, 3.05) is 0 Å². The zero-order chi connectivity index (χ0) is 24.4. The zero-order valence-corrected chi connectivity index (χ0v) is 18.7. The van der Waals surface area contributed by atoms with Crippen molar-refractivity contribution in [1.82, 2.24) is 13.7 Å². The molecule has 0 aromatic carbocycles. The standard InChI is InChI=1S/C21H31N3O8/c1-6-11-16(25)24-20(29)22(12-14(7-2)31-17(26)9-4)19(28)23(21(24)30)13-15(8-3)32-18(27)10-5/h9-10,14-16,25H,4-8,11-13H2,1-3H3. The lowest BCUT2D eigenvalue weighted by atomic mass is 10.2. The maximum Gasteiger partial charge on any atom is 0.338 e. The number of carbonyl (C=O) groups is 2. The molecule has 0 aliphatic heterocycles. The average molecular weight is 453 g/mol. The molecular formula is C21H31N3O8. The van der Waals surface area contributed by atoms with E-state index in [-0.39, 0.29) is 32.4 Å². The van der Waals surface area contributed by atoms with Gasteiger partial charge in [-0.15, -0.1) is 0 Å². The number of aliphatic hydroxyl groups is 1. The van der Waals surface area contributed by atoms with Crippen LogP contribution in [0.5, 0.6) is 0 Å². The number of nitrogens with zero attached hydrogens (tertiary/aromatic N) is 3. The third-order valence-corrected chi connectivity index (χ3v) is 4.76. The van der Waals surface area contributed by atoms with Crippen LogP contribution in [-0.4, -0.2) is 43.0 Å². The van der Waals surface area contributed by atoms with Gasteiger partial charge in [-0.3, -0.25) is 0 Å². The Labute approximate surface area is 185 Å². The number of ether oxygens (including phenoxy) is 2. The van der Waals surface area contributed by atoms with Crippen LogP contribution in [-0.2, 0) is 32.2 Å². The predicted octanol–water partition coefficient (Wildman–Crippen LogP) is 0.478. The highest BCUT2D eigenvalue weighted by atomic mass is 16.5. The summed E-state index contributed by atoms with van der Waals surface area (Å²) in [4.78, 5) is 62.1. The fourth-order valence-corrected chi connectivity index (χ4v) is 2.94. The van der Waals surface area contributed by atoms with Gasteiger partial charge >= 0.3 is 29.0 Å². The van der Waals surface area contributed by atoms with Crippen LogP contribution < -0.4 is 17.1 Å². The van der Waals surface area contributed by atoms with Gasteiger partial charge in [0, 0.05) is 12.2 Å². The normalized spacial score (nSPS) is 13.6. The number of rotatable bonds is 13. The molecule has 3 unspecified atom stereocenters. The summed E-state index contributed by atoms with van der Waals surface area (Å²) in [6.45, 7) is 11.1. The van der Waals surface area contributed by atoms with Gasteiger partial charge in [0.15, 0.2) is 0 Å². The van der Waals surface area contributed by atoms with Crippen LogP contribution in [0.25, 0.3) is 0 Å². The molecule has 1 rings (SSSR count). The zero-order valence-electron chi connectivity index (χ0n) is 18.7. The van der Waals surface area contributed by atoms with E-state index < -0.39 is 47.4 Å². The fraction of sp³-hybridized carbons (Fsp3) is 0.571. The van der Waals surface area contributed by atoms with Gasteiger partial charge in [0.05, 0.1) is 13.1 Å². The molecule has 0 bridgehead atoms. The van der Waals surface area contributed by atoms with E-state index in [0.717, 1.165) is 21.3 Å². The Morgan fingerprint density at radius 1 is 0.875 bits per heavy atom. The molecule has 0 fully saturated rings. The van der Waals surface area contributed by atoms with Gasteiger partial charge in [0.2, 0.25) is 0 Å². The van der Waals surface area contributed by atoms with Crippen molar-refractivity contribution in [3.8, 4) is 0 Å². The fourth-order valence-electron chi connectivity index (χ4n) is 2.94. The Balaban J connectivity index is 3.62. The number of carbonyl (C=O) groups excluding carboxylic acids is 2. The number of esters is 2. The summed E-state index contributed by atoms with van der Waals surface area (Å²) in [5.74, 6) is -1.46. The number of hydrogen-bond acceptors (Lipinski definition) is 8. The Morgan fingerprint density at radius 2 is 1.28 bits per heavy atom. The predicted molar refractivity (Wildman–Crippen MR) is 116 cm³/mol. The van der Waals surface area contributed by atoms with Gasteiger partial charge in [0.25, 0.3) is 0 Å². The first kappa shape index (κ1) is 26.8. The Hall–Kier alpha value is -3.21. The van der Waals surface area contributed by atoms with Crippen LogP contribution in [0.2, 0.25) is 0 Å². The van der Waals surface area contributed by atoms with E-state index >= 15 is 0 Å². The maximum absolute atomic E-state index is 13.1. The second-order valence-corrected chi connectivity index (χ2v) is 7.05. The highest BCUT2D eigenvalue weighted by molar-refractivity contribution is 5.81. The summed E-state index contributed by atoms with van der Waals surface area (Å²) in [6.07, 6.45) is -0.153. The molecule has 0 spiro atoms. The Bertz CT molecular complexity index is 934. The van der Waals surface area contributed by atoms with Gasteiger partial charge in [-0.1, -0.05) is 40.3 Å². The summed E-state index contributed by atoms with van der Waals surface area (Å²) in [6, 6.07) is 0. The van der Waals surface area contributed by atoms with E-state index in [1.54, 1.807) is 20.8 Å². The van der Waals surface area contributed by atoms with Gasteiger partial charge < -0.3 is 14.6 Å². The van der Waals surface area contributed by atoms with Crippen LogP contribution in [0.15, 0.2) is 39.7 Å². The quantitative estimate of drug-likeness (QED) is 0.336. The first-order valence-corrected chi connectivity index (χ1v) is 10.4. The molecule has 32 heavy (non-hydrogen) atoms. The summed E-state index contributed by atoms with van der Waals surface area (Å²) in [5, 5.41) is 10.4. The SMILES string of the molecule is C=CC(=O)OC(CC)Cn1c(=O)n(CC(CC)OC(=O)C=C)c(=O)n(C(O)CCC)c1=O. The minimum absolute atomic E-state index is 0.0959. The molecule has 1 heterocycles. The number of aliphatic hydroxyl groups excluding tert-OH is 1. The molecule has 0 amide bonds. The second-order valence-electron chi connectivity index (χ2n) is 7.05. The van der Waals surface area contributed by atoms with Crippen molar-refractivity contribution < 1.29 is 24.2 Å². The van der Waals surface area contributed by atoms with Crippen molar-refractivity contribution in [3.05, 3.63) is 56.8 Å². The van der Waals surface area contributed by atoms with Gasteiger partial charge in [-0.05, 0) is 19.3 Å². The van der Waals surface area contributed by atoms with Gasteiger partial charge in [-0.25, -0.2) is 37.7 Å². The van der Waals surface area contributed by atoms with Crippen LogP contribution >= 0.6 is 0 Å². The minimum atomic E-state index is -1.47.